The second-order valence-corrected chi connectivity index (χ2v) is 7.44. The van der Waals surface area contributed by atoms with Gasteiger partial charge in [-0.15, -0.1) is 11.8 Å². The van der Waals surface area contributed by atoms with Gasteiger partial charge in [-0.25, -0.2) is 0 Å². The largest absolute Gasteiger partial charge is 0.352 e. The Morgan fingerprint density at radius 2 is 2.08 bits per heavy atom. The van der Waals surface area contributed by atoms with Crippen molar-refractivity contribution < 1.29 is 14.4 Å². The molecule has 0 radical (unpaired) electrons. The lowest BCUT2D eigenvalue weighted by molar-refractivity contribution is -0.130. The molecule has 2 heterocycles. The molecule has 2 N–H and O–H groups in total. The minimum atomic E-state index is -0.232. The van der Waals surface area contributed by atoms with Crippen LogP contribution in [0.25, 0.3) is 0 Å². The highest BCUT2D eigenvalue weighted by Gasteiger charge is 2.24. The second kappa shape index (κ2) is 7.25. The topological polar surface area (TPSA) is 78.5 Å². The third-order valence-electron chi connectivity index (χ3n) is 4.26. The summed E-state index contributed by atoms with van der Waals surface area (Å²) in [6.45, 7) is 3.82. The first-order valence-electron chi connectivity index (χ1n) is 8.22. The average molecular weight is 347 g/mol. The Kier molecular flexibility index (Phi) is 5.08. The number of rotatable bonds is 4. The minimum absolute atomic E-state index is 0.0544. The third kappa shape index (κ3) is 3.72. The second-order valence-electron chi connectivity index (χ2n) is 6.05. The van der Waals surface area contributed by atoms with E-state index < -0.39 is 0 Å². The number of anilines is 1. The van der Waals surface area contributed by atoms with Crippen LogP contribution in [0.4, 0.5) is 5.69 Å². The van der Waals surface area contributed by atoms with Crippen LogP contribution in [0.15, 0.2) is 23.1 Å². The number of fused-ring (bicyclic) bond motifs is 1. The molecular formula is C17H21N3O3S. The molecule has 1 saturated heterocycles. The normalized spacial score (nSPS) is 19.6. The van der Waals surface area contributed by atoms with Gasteiger partial charge in [0.05, 0.1) is 10.9 Å². The van der Waals surface area contributed by atoms with Crippen molar-refractivity contribution in [3.63, 3.8) is 0 Å². The molecule has 1 atom stereocenters. The molecule has 24 heavy (non-hydrogen) atoms. The third-order valence-corrected chi connectivity index (χ3v) is 5.43. The van der Waals surface area contributed by atoms with Gasteiger partial charge in [0.1, 0.15) is 0 Å². The number of likely N-dealkylation sites (tertiary alicyclic amines) is 1. The van der Waals surface area contributed by atoms with E-state index in [2.05, 4.69) is 10.6 Å². The van der Waals surface area contributed by atoms with Gasteiger partial charge in [0.2, 0.25) is 11.8 Å². The van der Waals surface area contributed by atoms with Crippen LogP contribution in [0.1, 0.15) is 36.5 Å². The number of hydrogen-bond donors (Lipinski definition) is 2. The van der Waals surface area contributed by atoms with Crippen LogP contribution < -0.4 is 10.6 Å². The standard InChI is InChI=1S/C17H21N3O3S/c1-11-16(22)19-13-10-12(4-5-14(13)24-11)17(23)18-7-6-15(21)20-8-2-3-9-20/h4-5,10-11H,2-3,6-9H2,1H3,(H,18,23)(H,19,22)/t11-/m0/s1. The molecule has 2 aliphatic heterocycles. The molecule has 0 unspecified atom stereocenters. The number of carbonyl (C=O) groups excluding carboxylic acids is 3. The van der Waals surface area contributed by atoms with E-state index in [1.54, 1.807) is 12.1 Å². The quantitative estimate of drug-likeness (QED) is 0.871. The van der Waals surface area contributed by atoms with E-state index in [9.17, 15) is 14.4 Å². The van der Waals surface area contributed by atoms with E-state index >= 15 is 0 Å². The van der Waals surface area contributed by atoms with Crippen molar-refractivity contribution in [2.24, 2.45) is 0 Å². The number of hydrogen-bond acceptors (Lipinski definition) is 4. The summed E-state index contributed by atoms with van der Waals surface area (Å²) in [5.41, 5.74) is 1.15. The van der Waals surface area contributed by atoms with E-state index in [-0.39, 0.29) is 23.0 Å². The van der Waals surface area contributed by atoms with Crippen molar-refractivity contribution in [1.29, 1.82) is 0 Å². The Balaban J connectivity index is 1.54. The molecule has 128 valence electrons. The monoisotopic (exact) mass is 347 g/mol. The fourth-order valence-electron chi connectivity index (χ4n) is 2.86. The summed E-state index contributed by atoms with van der Waals surface area (Å²) in [4.78, 5) is 38.7. The summed E-state index contributed by atoms with van der Waals surface area (Å²) in [5, 5.41) is 5.46. The van der Waals surface area contributed by atoms with Gasteiger partial charge in [0.25, 0.3) is 5.91 Å². The first-order chi connectivity index (χ1) is 11.5. The fourth-order valence-corrected chi connectivity index (χ4v) is 3.79. The number of nitrogens with one attached hydrogen (secondary N) is 2. The maximum Gasteiger partial charge on any atom is 0.251 e. The van der Waals surface area contributed by atoms with Crippen LogP contribution in [-0.2, 0) is 9.59 Å². The number of benzene rings is 1. The maximum absolute atomic E-state index is 12.2. The highest BCUT2D eigenvalue weighted by Crippen LogP contribution is 2.35. The van der Waals surface area contributed by atoms with Gasteiger partial charge < -0.3 is 15.5 Å². The lowest BCUT2D eigenvalue weighted by Crippen LogP contribution is -2.32. The van der Waals surface area contributed by atoms with Crippen molar-refractivity contribution in [2.45, 2.75) is 36.3 Å². The SMILES string of the molecule is C[C@@H]1Sc2ccc(C(=O)NCCC(=O)N3CCCC3)cc2NC1=O. The average Bonchev–Trinajstić information content (AvgIpc) is 3.10. The molecule has 6 nitrogen and oxygen atoms in total. The van der Waals surface area contributed by atoms with Gasteiger partial charge in [-0.3, -0.25) is 14.4 Å². The summed E-state index contributed by atoms with van der Waals surface area (Å²) < 4.78 is 0. The molecule has 1 aromatic carbocycles. The van der Waals surface area contributed by atoms with Gasteiger partial charge >= 0.3 is 0 Å². The van der Waals surface area contributed by atoms with E-state index in [1.165, 1.54) is 11.8 Å². The van der Waals surface area contributed by atoms with Crippen molar-refractivity contribution in [3.8, 4) is 0 Å². The first-order valence-corrected chi connectivity index (χ1v) is 9.10. The molecule has 2 aliphatic rings. The van der Waals surface area contributed by atoms with Gasteiger partial charge in [0.15, 0.2) is 0 Å². The van der Waals surface area contributed by atoms with E-state index in [4.69, 9.17) is 0 Å². The summed E-state index contributed by atoms with van der Waals surface area (Å²) in [6.07, 6.45) is 2.45. The fraction of sp³-hybridized carbons (Fsp3) is 0.471. The van der Waals surface area contributed by atoms with Crippen molar-refractivity contribution >= 4 is 35.2 Å². The molecule has 0 aliphatic carbocycles. The lowest BCUT2D eigenvalue weighted by atomic mass is 10.1. The molecule has 0 spiro atoms. The molecule has 3 amide bonds. The highest BCUT2D eigenvalue weighted by atomic mass is 32.2. The van der Waals surface area contributed by atoms with Gasteiger partial charge in [0, 0.05) is 36.5 Å². The van der Waals surface area contributed by atoms with Gasteiger partial charge in [-0.05, 0) is 38.0 Å². The Morgan fingerprint density at radius 1 is 1.33 bits per heavy atom. The zero-order chi connectivity index (χ0) is 17.1. The zero-order valence-corrected chi connectivity index (χ0v) is 14.4. The van der Waals surface area contributed by atoms with Crippen LogP contribution in [0.5, 0.6) is 0 Å². The van der Waals surface area contributed by atoms with Crippen molar-refractivity contribution in [2.75, 3.05) is 25.0 Å². The number of amides is 3. The predicted octanol–water partition coefficient (Wildman–Crippen LogP) is 1.86. The van der Waals surface area contributed by atoms with Crippen molar-refractivity contribution in [1.82, 2.24) is 10.2 Å². The predicted molar refractivity (Wildman–Crippen MR) is 93.2 cm³/mol. The van der Waals surface area contributed by atoms with Gasteiger partial charge in [-0.2, -0.15) is 0 Å². The Bertz CT molecular complexity index is 671. The van der Waals surface area contributed by atoms with Crippen LogP contribution in [0, 0.1) is 0 Å². The number of carbonyl (C=O) groups is 3. The van der Waals surface area contributed by atoms with E-state index in [1.807, 2.05) is 17.9 Å². The first kappa shape index (κ1) is 16.8. The van der Waals surface area contributed by atoms with Crippen LogP contribution in [0.3, 0.4) is 0 Å². The van der Waals surface area contributed by atoms with Crippen LogP contribution >= 0.6 is 11.8 Å². The van der Waals surface area contributed by atoms with E-state index in [0.717, 1.165) is 30.8 Å². The Hall–Kier alpha value is -2.02. The van der Waals surface area contributed by atoms with Crippen LogP contribution in [-0.4, -0.2) is 47.5 Å². The molecule has 3 rings (SSSR count). The maximum atomic E-state index is 12.2. The number of thioether (sulfide) groups is 1. The smallest absolute Gasteiger partial charge is 0.251 e. The van der Waals surface area contributed by atoms with Crippen molar-refractivity contribution in [3.05, 3.63) is 23.8 Å². The molecule has 0 bridgehead atoms. The minimum Gasteiger partial charge on any atom is -0.352 e. The Labute approximate surface area is 145 Å². The molecule has 0 saturated carbocycles. The highest BCUT2D eigenvalue weighted by molar-refractivity contribution is 8.00. The zero-order valence-electron chi connectivity index (χ0n) is 13.6. The molecule has 1 fully saturated rings. The molecule has 1 aromatic rings. The molecular weight excluding hydrogens is 326 g/mol. The van der Waals surface area contributed by atoms with Crippen LogP contribution in [0.2, 0.25) is 0 Å². The van der Waals surface area contributed by atoms with E-state index in [0.29, 0.717) is 24.2 Å². The molecule has 7 heteroatoms. The summed E-state index contributed by atoms with van der Waals surface area (Å²) >= 11 is 1.48. The summed E-state index contributed by atoms with van der Waals surface area (Å²) in [7, 11) is 0. The van der Waals surface area contributed by atoms with Gasteiger partial charge in [-0.1, -0.05) is 0 Å². The number of nitrogens with zero attached hydrogens (tertiary/aromatic N) is 1. The Morgan fingerprint density at radius 3 is 2.83 bits per heavy atom. The summed E-state index contributed by atoms with van der Waals surface area (Å²) in [5.74, 6) is -0.193. The molecule has 0 aromatic heterocycles. The summed E-state index contributed by atoms with van der Waals surface area (Å²) in [6, 6.07) is 5.28. The lowest BCUT2D eigenvalue weighted by Gasteiger charge is -2.21.